The van der Waals surface area contributed by atoms with Gasteiger partial charge in [-0.25, -0.2) is 0 Å². The standard InChI is InChI=1S/C26H35N3O2/c1-19-13-21(3)24(14-20(19)2)17-28-11-12-31-26-6-5-23(15-25(26)18-28)16-27-7-9-29(10-8-27)22(4)30/h5-6,13-15H,7-12,16-18H2,1-4H3. The molecule has 5 heteroatoms. The van der Waals surface area contributed by atoms with Crippen molar-refractivity contribution in [2.45, 2.75) is 47.3 Å². The minimum atomic E-state index is 0.181. The zero-order valence-electron chi connectivity index (χ0n) is 19.4. The summed E-state index contributed by atoms with van der Waals surface area (Å²) in [6, 6.07) is 11.3. The van der Waals surface area contributed by atoms with Crippen molar-refractivity contribution in [3.8, 4) is 5.75 Å². The Labute approximate surface area is 186 Å². The Kier molecular flexibility index (Phi) is 6.63. The van der Waals surface area contributed by atoms with Gasteiger partial charge in [0.05, 0.1) is 0 Å². The van der Waals surface area contributed by atoms with Crippen LogP contribution in [0, 0.1) is 20.8 Å². The highest BCUT2D eigenvalue weighted by atomic mass is 16.5. The smallest absolute Gasteiger partial charge is 0.219 e. The van der Waals surface area contributed by atoms with Crippen LogP contribution in [0.1, 0.15) is 40.3 Å². The molecule has 2 aliphatic heterocycles. The first-order valence-corrected chi connectivity index (χ1v) is 11.4. The van der Waals surface area contributed by atoms with Crippen LogP contribution >= 0.6 is 0 Å². The van der Waals surface area contributed by atoms with E-state index in [9.17, 15) is 4.79 Å². The van der Waals surface area contributed by atoms with Crippen molar-refractivity contribution in [1.82, 2.24) is 14.7 Å². The third kappa shape index (κ3) is 5.28. The molecular formula is C26H35N3O2. The largest absolute Gasteiger partial charge is 0.492 e. The fourth-order valence-electron chi connectivity index (χ4n) is 4.65. The number of carbonyl (C=O) groups excluding carboxylic acids is 1. The zero-order valence-corrected chi connectivity index (χ0v) is 19.4. The van der Waals surface area contributed by atoms with Crippen molar-refractivity contribution in [2.75, 3.05) is 39.3 Å². The number of hydrogen-bond acceptors (Lipinski definition) is 4. The molecule has 2 aliphatic rings. The summed E-state index contributed by atoms with van der Waals surface area (Å²) >= 11 is 0. The molecule has 1 saturated heterocycles. The lowest BCUT2D eigenvalue weighted by Gasteiger charge is -2.34. The average molecular weight is 422 g/mol. The molecule has 166 valence electrons. The summed E-state index contributed by atoms with van der Waals surface area (Å²) in [5, 5.41) is 0. The third-order valence-electron chi connectivity index (χ3n) is 6.75. The molecule has 2 aromatic carbocycles. The maximum absolute atomic E-state index is 11.6. The van der Waals surface area contributed by atoms with E-state index in [1.54, 1.807) is 6.92 Å². The monoisotopic (exact) mass is 421 g/mol. The molecular weight excluding hydrogens is 386 g/mol. The lowest BCUT2D eigenvalue weighted by molar-refractivity contribution is -0.130. The highest BCUT2D eigenvalue weighted by Gasteiger charge is 2.20. The van der Waals surface area contributed by atoms with Crippen molar-refractivity contribution < 1.29 is 9.53 Å². The Balaban J connectivity index is 1.43. The first-order chi connectivity index (χ1) is 14.9. The molecule has 0 spiro atoms. The van der Waals surface area contributed by atoms with Crippen molar-refractivity contribution in [2.24, 2.45) is 0 Å². The molecule has 2 aromatic rings. The Bertz CT molecular complexity index is 948. The van der Waals surface area contributed by atoms with E-state index < -0.39 is 0 Å². The summed E-state index contributed by atoms with van der Waals surface area (Å²) in [5.41, 5.74) is 8.10. The van der Waals surface area contributed by atoms with Crippen LogP contribution in [0.25, 0.3) is 0 Å². The second kappa shape index (κ2) is 9.41. The number of amides is 1. The van der Waals surface area contributed by atoms with E-state index in [0.717, 1.165) is 64.7 Å². The number of ether oxygens (including phenoxy) is 1. The average Bonchev–Trinajstić information content (AvgIpc) is 2.93. The number of rotatable bonds is 4. The molecule has 1 amide bonds. The first-order valence-electron chi connectivity index (χ1n) is 11.4. The molecule has 0 aliphatic carbocycles. The third-order valence-corrected chi connectivity index (χ3v) is 6.75. The number of aryl methyl sites for hydroxylation is 3. The zero-order chi connectivity index (χ0) is 22.0. The van der Waals surface area contributed by atoms with E-state index >= 15 is 0 Å². The molecule has 1 fully saturated rings. The van der Waals surface area contributed by atoms with Gasteiger partial charge in [0.25, 0.3) is 0 Å². The van der Waals surface area contributed by atoms with Gasteiger partial charge in [-0.15, -0.1) is 0 Å². The first kappa shape index (κ1) is 21.8. The summed E-state index contributed by atoms with van der Waals surface area (Å²) in [6.07, 6.45) is 0. The van der Waals surface area contributed by atoms with Crippen LogP contribution in [0.15, 0.2) is 30.3 Å². The van der Waals surface area contributed by atoms with Crippen LogP contribution in [-0.4, -0.2) is 59.9 Å². The summed E-state index contributed by atoms with van der Waals surface area (Å²) in [6.45, 7) is 16.2. The molecule has 0 N–H and O–H groups in total. The second-order valence-corrected chi connectivity index (χ2v) is 9.15. The molecule has 0 radical (unpaired) electrons. The Morgan fingerprint density at radius 2 is 1.61 bits per heavy atom. The molecule has 5 nitrogen and oxygen atoms in total. The number of hydrogen-bond donors (Lipinski definition) is 0. The van der Waals surface area contributed by atoms with Gasteiger partial charge in [0.1, 0.15) is 12.4 Å². The van der Waals surface area contributed by atoms with Gasteiger partial charge in [0, 0.05) is 64.8 Å². The van der Waals surface area contributed by atoms with Crippen LogP contribution in [0.3, 0.4) is 0 Å². The van der Waals surface area contributed by atoms with Crippen molar-refractivity contribution in [3.05, 3.63) is 63.7 Å². The SMILES string of the molecule is CC(=O)N1CCN(Cc2ccc3c(c2)CN(Cc2cc(C)c(C)cc2C)CCO3)CC1. The van der Waals surface area contributed by atoms with Gasteiger partial charge in [0.2, 0.25) is 5.91 Å². The number of fused-ring (bicyclic) bond motifs is 1. The fourth-order valence-corrected chi connectivity index (χ4v) is 4.65. The van der Waals surface area contributed by atoms with Crippen LogP contribution < -0.4 is 4.74 Å². The highest BCUT2D eigenvalue weighted by Crippen LogP contribution is 2.27. The number of piperazine rings is 1. The fraction of sp³-hybridized carbons (Fsp3) is 0.500. The van der Waals surface area contributed by atoms with E-state index in [-0.39, 0.29) is 5.91 Å². The molecule has 0 atom stereocenters. The van der Waals surface area contributed by atoms with E-state index in [1.165, 1.54) is 33.4 Å². The van der Waals surface area contributed by atoms with Gasteiger partial charge in [-0.2, -0.15) is 0 Å². The predicted molar refractivity (Wildman–Crippen MR) is 124 cm³/mol. The van der Waals surface area contributed by atoms with E-state index in [2.05, 4.69) is 60.9 Å². The van der Waals surface area contributed by atoms with Gasteiger partial charge in [-0.3, -0.25) is 14.6 Å². The molecule has 0 saturated carbocycles. The van der Waals surface area contributed by atoms with Crippen molar-refractivity contribution >= 4 is 5.91 Å². The topological polar surface area (TPSA) is 36.0 Å². The van der Waals surface area contributed by atoms with Gasteiger partial charge in [-0.05, 0) is 60.7 Å². The van der Waals surface area contributed by atoms with Crippen LogP contribution in [-0.2, 0) is 24.4 Å². The number of carbonyl (C=O) groups is 1. The van der Waals surface area contributed by atoms with Gasteiger partial charge in [-0.1, -0.05) is 18.2 Å². The minimum absolute atomic E-state index is 0.181. The predicted octanol–water partition coefficient (Wildman–Crippen LogP) is 3.67. The number of benzene rings is 2. The minimum Gasteiger partial charge on any atom is -0.492 e. The lowest BCUT2D eigenvalue weighted by atomic mass is 10.0. The van der Waals surface area contributed by atoms with Crippen LogP contribution in [0.2, 0.25) is 0 Å². The summed E-state index contributed by atoms with van der Waals surface area (Å²) < 4.78 is 6.08. The van der Waals surface area contributed by atoms with Crippen molar-refractivity contribution in [1.29, 1.82) is 0 Å². The van der Waals surface area contributed by atoms with Crippen LogP contribution in [0.4, 0.5) is 0 Å². The molecule has 31 heavy (non-hydrogen) atoms. The van der Waals surface area contributed by atoms with Gasteiger partial charge >= 0.3 is 0 Å². The summed E-state index contributed by atoms with van der Waals surface area (Å²) in [5.74, 6) is 1.20. The van der Waals surface area contributed by atoms with E-state index in [1.807, 2.05) is 4.90 Å². The van der Waals surface area contributed by atoms with Crippen LogP contribution in [0.5, 0.6) is 5.75 Å². The van der Waals surface area contributed by atoms with Gasteiger partial charge < -0.3 is 9.64 Å². The number of nitrogens with zero attached hydrogens (tertiary/aromatic N) is 3. The highest BCUT2D eigenvalue weighted by molar-refractivity contribution is 5.73. The summed E-state index contributed by atoms with van der Waals surface area (Å²) in [7, 11) is 0. The van der Waals surface area contributed by atoms with E-state index in [0.29, 0.717) is 0 Å². The summed E-state index contributed by atoms with van der Waals surface area (Å²) in [4.78, 5) is 18.4. The molecule has 0 bridgehead atoms. The Morgan fingerprint density at radius 1 is 0.871 bits per heavy atom. The normalized spacial score (nSPS) is 17.7. The quantitative estimate of drug-likeness (QED) is 0.755. The molecule has 4 rings (SSSR count). The maximum atomic E-state index is 11.6. The lowest BCUT2D eigenvalue weighted by Crippen LogP contribution is -2.47. The molecule has 0 aromatic heterocycles. The Morgan fingerprint density at radius 3 is 2.35 bits per heavy atom. The molecule has 0 unspecified atom stereocenters. The Hall–Kier alpha value is -2.37. The van der Waals surface area contributed by atoms with Crippen molar-refractivity contribution in [3.63, 3.8) is 0 Å². The maximum Gasteiger partial charge on any atom is 0.219 e. The second-order valence-electron chi connectivity index (χ2n) is 9.15. The molecule has 2 heterocycles. The van der Waals surface area contributed by atoms with Gasteiger partial charge in [0.15, 0.2) is 0 Å². The van der Waals surface area contributed by atoms with E-state index in [4.69, 9.17) is 4.74 Å².